The summed E-state index contributed by atoms with van der Waals surface area (Å²) in [5.74, 6) is -3.91. The van der Waals surface area contributed by atoms with Crippen LogP contribution in [0.5, 0.6) is 17.2 Å². The second-order valence-corrected chi connectivity index (χ2v) is 14.7. The van der Waals surface area contributed by atoms with Gasteiger partial charge in [0.2, 0.25) is 25.8 Å². The van der Waals surface area contributed by atoms with Crippen molar-refractivity contribution in [2.24, 2.45) is 0 Å². The van der Waals surface area contributed by atoms with Crippen LogP contribution in [-0.4, -0.2) is 60.4 Å². The number of aromatic hydroxyl groups is 3. The smallest absolute Gasteiger partial charge is 0.258 e. The maximum Gasteiger partial charge on any atom is 0.258 e. The molecule has 0 atom stereocenters. The molecule has 4 aromatic carbocycles. The second-order valence-electron chi connectivity index (χ2n) is 11.0. The molecule has 0 aromatic heterocycles. The molecule has 0 saturated carbocycles. The van der Waals surface area contributed by atoms with Crippen molar-refractivity contribution in [2.45, 2.75) is 42.3 Å². The fourth-order valence-corrected chi connectivity index (χ4v) is 8.29. The number of hydrogen-bond donors (Lipinski definition) is 4. The van der Waals surface area contributed by atoms with Crippen LogP contribution in [0.15, 0.2) is 88.7 Å². The Kier molecular flexibility index (Phi) is 8.04. The van der Waals surface area contributed by atoms with Crippen LogP contribution in [-0.2, 0) is 52.5 Å². The first-order valence-corrected chi connectivity index (χ1v) is 17.2. The molecule has 6 rings (SSSR count). The standard InChI is InChI=1S/C32H31N3O8S2/c36-29-27(17-28(30(37)31(29)38)45(42,43)35-15-13-22-8-4-5-9-24(22)20-35)32(39)34-14-12-23-10-11-26(16-25(23)19-34)44(40,41)33-18-21-6-2-1-3-7-21/h1-11,16-17,33,36-38H,12-15,18-20H2. The summed E-state index contributed by atoms with van der Waals surface area (Å²) in [5, 5.41) is 31.8. The third-order valence-corrected chi connectivity index (χ3v) is 11.5. The van der Waals surface area contributed by atoms with Gasteiger partial charge in [0.05, 0.1) is 10.5 Å². The Hall–Kier alpha value is -4.43. The number of nitrogens with one attached hydrogen (secondary N) is 1. The molecule has 2 aliphatic rings. The zero-order valence-corrected chi connectivity index (χ0v) is 25.7. The number of fused-ring (bicyclic) bond motifs is 2. The third-order valence-electron chi connectivity index (χ3n) is 8.25. The lowest BCUT2D eigenvalue weighted by Crippen LogP contribution is -2.37. The lowest BCUT2D eigenvalue weighted by atomic mass is 9.99. The Labute approximate surface area is 261 Å². The van der Waals surface area contributed by atoms with Crippen molar-refractivity contribution in [1.82, 2.24) is 13.9 Å². The Morgan fingerprint density at radius 1 is 0.711 bits per heavy atom. The Morgan fingerprint density at radius 3 is 2.13 bits per heavy atom. The molecular weight excluding hydrogens is 618 g/mol. The van der Waals surface area contributed by atoms with Crippen LogP contribution in [0.4, 0.5) is 0 Å². The number of carbonyl (C=O) groups is 1. The molecule has 0 fully saturated rings. The predicted octanol–water partition coefficient (Wildman–Crippen LogP) is 3.23. The van der Waals surface area contributed by atoms with E-state index >= 15 is 0 Å². The molecule has 0 radical (unpaired) electrons. The van der Waals surface area contributed by atoms with E-state index in [1.807, 2.05) is 36.4 Å². The minimum Gasteiger partial charge on any atom is -0.504 e. The van der Waals surface area contributed by atoms with Gasteiger partial charge < -0.3 is 20.2 Å². The first kappa shape index (κ1) is 30.6. The fourth-order valence-electron chi connectivity index (χ4n) is 5.70. The van der Waals surface area contributed by atoms with E-state index in [9.17, 15) is 36.9 Å². The third kappa shape index (κ3) is 5.87. The Bertz CT molecular complexity index is 2020. The topological polar surface area (TPSA) is 165 Å². The van der Waals surface area contributed by atoms with Crippen molar-refractivity contribution >= 4 is 26.0 Å². The molecule has 0 aliphatic carbocycles. The minimum absolute atomic E-state index is 0.0214. The number of carbonyl (C=O) groups excluding carboxylic acids is 1. The van der Waals surface area contributed by atoms with Crippen molar-refractivity contribution in [2.75, 3.05) is 13.1 Å². The highest BCUT2D eigenvalue weighted by atomic mass is 32.2. The highest BCUT2D eigenvalue weighted by molar-refractivity contribution is 7.89. The van der Waals surface area contributed by atoms with Crippen LogP contribution in [0.25, 0.3) is 0 Å². The zero-order chi connectivity index (χ0) is 31.9. The average molecular weight is 650 g/mol. The van der Waals surface area contributed by atoms with Crippen LogP contribution in [0.1, 0.15) is 38.2 Å². The van der Waals surface area contributed by atoms with E-state index in [0.29, 0.717) is 18.4 Å². The number of phenols is 3. The molecule has 1 amide bonds. The molecule has 2 heterocycles. The quantitative estimate of drug-likeness (QED) is 0.222. The SMILES string of the molecule is O=C(c1cc(S(=O)(=O)N2CCc3ccccc3C2)c(O)c(O)c1O)N1CCc2ccc(S(=O)(=O)NCc3ccccc3)cc2C1. The molecule has 0 bridgehead atoms. The fraction of sp³-hybridized carbons (Fsp3) is 0.219. The zero-order valence-electron chi connectivity index (χ0n) is 24.0. The van der Waals surface area contributed by atoms with Gasteiger partial charge in [-0.25, -0.2) is 21.6 Å². The van der Waals surface area contributed by atoms with Gasteiger partial charge >= 0.3 is 0 Å². The number of nitrogens with zero attached hydrogens (tertiary/aromatic N) is 2. The molecular formula is C32H31N3O8S2. The van der Waals surface area contributed by atoms with E-state index in [4.69, 9.17) is 0 Å². The number of sulfonamides is 2. The minimum atomic E-state index is -4.39. The van der Waals surface area contributed by atoms with E-state index in [1.165, 1.54) is 17.0 Å². The summed E-state index contributed by atoms with van der Waals surface area (Å²) in [4.78, 5) is 14.3. The monoisotopic (exact) mass is 649 g/mol. The lowest BCUT2D eigenvalue weighted by molar-refractivity contribution is 0.0730. The summed E-state index contributed by atoms with van der Waals surface area (Å²) >= 11 is 0. The van der Waals surface area contributed by atoms with Gasteiger partial charge in [-0.15, -0.1) is 0 Å². The largest absolute Gasteiger partial charge is 0.504 e. The Morgan fingerprint density at radius 2 is 1.38 bits per heavy atom. The number of hydrogen-bond acceptors (Lipinski definition) is 8. The van der Waals surface area contributed by atoms with Crippen LogP contribution in [0, 0.1) is 0 Å². The van der Waals surface area contributed by atoms with Gasteiger partial charge in [-0.05, 0) is 58.9 Å². The molecule has 45 heavy (non-hydrogen) atoms. The van der Waals surface area contributed by atoms with Gasteiger partial charge in [0, 0.05) is 32.7 Å². The summed E-state index contributed by atoms with van der Waals surface area (Å²) in [7, 11) is -8.27. The van der Waals surface area contributed by atoms with E-state index in [0.717, 1.165) is 32.6 Å². The second kappa shape index (κ2) is 11.8. The number of amides is 1. The predicted molar refractivity (Wildman–Crippen MR) is 165 cm³/mol. The summed E-state index contributed by atoms with van der Waals surface area (Å²) in [6.45, 7) is 0.428. The van der Waals surface area contributed by atoms with E-state index in [-0.39, 0.29) is 37.6 Å². The van der Waals surface area contributed by atoms with Crippen molar-refractivity contribution < 1.29 is 36.9 Å². The lowest BCUT2D eigenvalue weighted by Gasteiger charge is -2.30. The molecule has 4 N–H and O–H groups in total. The summed E-state index contributed by atoms with van der Waals surface area (Å²) < 4.78 is 57.1. The molecule has 0 spiro atoms. The normalized spacial score (nSPS) is 15.3. The van der Waals surface area contributed by atoms with Crippen molar-refractivity contribution in [3.8, 4) is 17.2 Å². The Balaban J connectivity index is 1.26. The van der Waals surface area contributed by atoms with Crippen molar-refractivity contribution in [3.63, 3.8) is 0 Å². The number of phenolic OH excluding ortho intramolecular Hbond substituents is 3. The van der Waals surface area contributed by atoms with Gasteiger partial charge in [0.1, 0.15) is 4.90 Å². The van der Waals surface area contributed by atoms with Gasteiger partial charge in [-0.3, -0.25) is 4.79 Å². The van der Waals surface area contributed by atoms with Gasteiger partial charge in [0.25, 0.3) is 5.91 Å². The molecule has 13 heteroatoms. The number of benzene rings is 4. The van der Waals surface area contributed by atoms with Crippen LogP contribution in [0.3, 0.4) is 0 Å². The average Bonchev–Trinajstić information content (AvgIpc) is 3.05. The van der Waals surface area contributed by atoms with E-state index < -0.39 is 53.7 Å². The van der Waals surface area contributed by atoms with E-state index in [2.05, 4.69) is 4.72 Å². The molecule has 11 nitrogen and oxygen atoms in total. The summed E-state index contributed by atoms with van der Waals surface area (Å²) in [5.41, 5.74) is 3.50. The van der Waals surface area contributed by atoms with Crippen LogP contribution < -0.4 is 4.72 Å². The maximum atomic E-state index is 13.7. The van der Waals surface area contributed by atoms with Crippen LogP contribution in [0.2, 0.25) is 0 Å². The highest BCUT2D eigenvalue weighted by Gasteiger charge is 2.35. The van der Waals surface area contributed by atoms with Crippen LogP contribution >= 0.6 is 0 Å². The first-order chi connectivity index (χ1) is 21.5. The summed E-state index contributed by atoms with van der Waals surface area (Å²) in [6, 6.07) is 22.0. The molecule has 0 unspecified atom stereocenters. The molecule has 234 valence electrons. The first-order valence-electron chi connectivity index (χ1n) is 14.2. The summed E-state index contributed by atoms with van der Waals surface area (Å²) in [6.07, 6.45) is 0.820. The molecule has 4 aromatic rings. The maximum absolute atomic E-state index is 13.7. The van der Waals surface area contributed by atoms with Crippen molar-refractivity contribution in [3.05, 3.63) is 112 Å². The van der Waals surface area contributed by atoms with Gasteiger partial charge in [-0.2, -0.15) is 4.31 Å². The van der Waals surface area contributed by atoms with Crippen molar-refractivity contribution in [1.29, 1.82) is 0 Å². The van der Waals surface area contributed by atoms with Gasteiger partial charge in [0.15, 0.2) is 11.5 Å². The molecule has 2 aliphatic heterocycles. The van der Waals surface area contributed by atoms with Gasteiger partial charge in [-0.1, -0.05) is 60.7 Å². The molecule has 0 saturated heterocycles. The van der Waals surface area contributed by atoms with E-state index in [1.54, 1.807) is 24.3 Å². The highest BCUT2D eigenvalue weighted by Crippen LogP contribution is 2.44. The number of rotatable bonds is 7.